The minimum Gasteiger partial charge on any atom is -0.477 e. The van der Waals surface area contributed by atoms with Crippen LogP contribution in [0.3, 0.4) is 0 Å². The van der Waals surface area contributed by atoms with Crippen molar-refractivity contribution < 1.29 is 24.5 Å². The van der Waals surface area contributed by atoms with E-state index in [-0.39, 0.29) is 18.1 Å². The fourth-order valence-electron chi connectivity index (χ4n) is 3.20. The van der Waals surface area contributed by atoms with E-state index in [0.29, 0.717) is 37.5 Å². The summed E-state index contributed by atoms with van der Waals surface area (Å²) in [4.78, 5) is 26.0. The van der Waals surface area contributed by atoms with Gasteiger partial charge in [-0.25, -0.2) is 4.79 Å². The minimum absolute atomic E-state index is 0.0456. The van der Waals surface area contributed by atoms with Crippen LogP contribution in [0.15, 0.2) is 12.1 Å². The number of carbonyl (C=O) groups is 2. The Balaban J connectivity index is 1.73. The van der Waals surface area contributed by atoms with Gasteiger partial charge in [-0.15, -0.1) is 11.3 Å². The molecule has 2 atom stereocenters. The number of likely N-dealkylation sites (tertiary alicyclic amines) is 1. The smallest absolute Gasteiger partial charge is 0.345 e. The summed E-state index contributed by atoms with van der Waals surface area (Å²) < 4.78 is 5.72. The third-order valence-corrected chi connectivity index (χ3v) is 5.77. The van der Waals surface area contributed by atoms with Crippen LogP contribution in [0.4, 0.5) is 0 Å². The van der Waals surface area contributed by atoms with E-state index in [9.17, 15) is 14.7 Å². The fraction of sp³-hybridized carbons (Fsp3) is 0.684. The number of carboxylic acids is 1. The lowest BCUT2D eigenvalue weighted by molar-refractivity contribution is -0.130. The molecule has 1 saturated heterocycles. The number of hydrogen-bond acceptors (Lipinski definition) is 5. The van der Waals surface area contributed by atoms with Gasteiger partial charge in [0.1, 0.15) is 4.88 Å². The lowest BCUT2D eigenvalue weighted by Crippen LogP contribution is -2.38. The lowest BCUT2D eigenvalue weighted by atomic mass is 10.1. The summed E-state index contributed by atoms with van der Waals surface area (Å²) in [5, 5.41) is 19.0. The summed E-state index contributed by atoms with van der Waals surface area (Å²) >= 11 is 1.21. The quantitative estimate of drug-likeness (QED) is 0.541. The standard InChI is InChI=1S/C19H29NO5S/c1-2-3-4-5-15(21)10-11-20-14(6-9-18(20)22)12-25-13-16-7-8-17(26-16)19(23)24/h7-8,14-15,21H,2-6,9-13H2,1H3,(H,23,24). The number of rotatable bonds is 12. The zero-order valence-electron chi connectivity index (χ0n) is 15.4. The van der Waals surface area contributed by atoms with Gasteiger partial charge >= 0.3 is 5.97 Å². The zero-order valence-corrected chi connectivity index (χ0v) is 16.2. The van der Waals surface area contributed by atoms with Crippen LogP contribution in [-0.2, 0) is 16.1 Å². The van der Waals surface area contributed by atoms with Gasteiger partial charge in [-0.3, -0.25) is 4.79 Å². The first-order valence-electron chi connectivity index (χ1n) is 9.38. The summed E-state index contributed by atoms with van der Waals surface area (Å²) in [7, 11) is 0. The van der Waals surface area contributed by atoms with E-state index in [1.165, 1.54) is 11.3 Å². The van der Waals surface area contributed by atoms with Crippen LogP contribution >= 0.6 is 11.3 Å². The predicted molar refractivity (Wildman–Crippen MR) is 100 cm³/mol. The SMILES string of the molecule is CCCCCC(O)CCN1C(=O)CCC1COCc1ccc(C(=O)O)s1. The van der Waals surface area contributed by atoms with E-state index >= 15 is 0 Å². The Bertz CT molecular complexity index is 588. The van der Waals surface area contributed by atoms with Gasteiger partial charge in [0, 0.05) is 17.8 Å². The second kappa shape index (κ2) is 10.6. The third-order valence-electron chi connectivity index (χ3n) is 4.72. The molecule has 0 radical (unpaired) electrons. The number of aliphatic hydroxyl groups is 1. The molecule has 146 valence electrons. The molecule has 1 fully saturated rings. The van der Waals surface area contributed by atoms with Crippen molar-refractivity contribution in [3.05, 3.63) is 21.9 Å². The van der Waals surface area contributed by atoms with Crippen LogP contribution in [0.1, 0.15) is 66.4 Å². The predicted octanol–water partition coefficient (Wildman–Crippen LogP) is 3.29. The zero-order chi connectivity index (χ0) is 18.9. The lowest BCUT2D eigenvalue weighted by Gasteiger charge is -2.25. The maximum atomic E-state index is 12.1. The molecule has 6 nitrogen and oxygen atoms in total. The molecule has 1 aromatic heterocycles. The van der Waals surface area contributed by atoms with Crippen molar-refractivity contribution in [1.82, 2.24) is 4.90 Å². The summed E-state index contributed by atoms with van der Waals surface area (Å²) in [6, 6.07) is 3.39. The van der Waals surface area contributed by atoms with Gasteiger partial charge in [0.2, 0.25) is 5.91 Å². The molecule has 1 aliphatic heterocycles. The molecule has 0 bridgehead atoms. The Labute approximate surface area is 158 Å². The average molecular weight is 384 g/mol. The second-order valence-corrected chi connectivity index (χ2v) is 7.97. The highest BCUT2D eigenvalue weighted by Crippen LogP contribution is 2.22. The number of carbonyl (C=O) groups excluding carboxylic acids is 1. The third kappa shape index (κ3) is 6.37. The Morgan fingerprint density at radius 2 is 2.19 bits per heavy atom. The molecule has 0 spiro atoms. The van der Waals surface area contributed by atoms with Gasteiger partial charge in [-0.05, 0) is 31.4 Å². The maximum absolute atomic E-state index is 12.1. The van der Waals surface area contributed by atoms with Crippen LogP contribution in [0.5, 0.6) is 0 Å². The Morgan fingerprint density at radius 3 is 2.88 bits per heavy atom. The van der Waals surface area contributed by atoms with Crippen molar-refractivity contribution in [3.8, 4) is 0 Å². The maximum Gasteiger partial charge on any atom is 0.345 e. The van der Waals surface area contributed by atoms with Crippen molar-refractivity contribution in [2.45, 2.75) is 70.6 Å². The van der Waals surface area contributed by atoms with Crippen molar-refractivity contribution >= 4 is 23.2 Å². The number of nitrogens with zero attached hydrogens (tertiary/aromatic N) is 1. The fourth-order valence-corrected chi connectivity index (χ4v) is 3.99. The molecule has 2 unspecified atom stereocenters. The van der Waals surface area contributed by atoms with Gasteiger partial charge in [0.25, 0.3) is 0 Å². The summed E-state index contributed by atoms with van der Waals surface area (Å²) in [5.74, 6) is -0.796. The summed E-state index contributed by atoms with van der Waals surface area (Å²) in [6.45, 7) is 3.51. The summed E-state index contributed by atoms with van der Waals surface area (Å²) in [5.41, 5.74) is 0. The molecule has 1 aliphatic rings. The molecule has 1 amide bonds. The minimum atomic E-state index is -0.925. The highest BCUT2D eigenvalue weighted by molar-refractivity contribution is 7.13. The van der Waals surface area contributed by atoms with Crippen LogP contribution in [0, 0.1) is 0 Å². The van der Waals surface area contributed by atoms with E-state index in [1.807, 2.05) is 4.90 Å². The number of aliphatic hydroxyl groups excluding tert-OH is 1. The molecule has 0 saturated carbocycles. The monoisotopic (exact) mass is 383 g/mol. The second-order valence-electron chi connectivity index (χ2n) is 6.80. The van der Waals surface area contributed by atoms with E-state index < -0.39 is 5.97 Å². The topological polar surface area (TPSA) is 87.1 Å². The molecule has 0 aliphatic carbocycles. The van der Waals surface area contributed by atoms with Gasteiger partial charge in [-0.2, -0.15) is 0 Å². The number of thiophene rings is 1. The Morgan fingerprint density at radius 1 is 1.38 bits per heavy atom. The number of carboxylic acid groups (broad SMARTS) is 1. The van der Waals surface area contributed by atoms with E-state index in [4.69, 9.17) is 9.84 Å². The van der Waals surface area contributed by atoms with Crippen LogP contribution in [0.25, 0.3) is 0 Å². The van der Waals surface area contributed by atoms with Crippen molar-refractivity contribution in [1.29, 1.82) is 0 Å². The molecule has 26 heavy (non-hydrogen) atoms. The number of ether oxygens (including phenoxy) is 1. The van der Waals surface area contributed by atoms with E-state index in [2.05, 4.69) is 6.92 Å². The molecule has 2 heterocycles. The number of unbranched alkanes of at least 4 members (excludes halogenated alkanes) is 2. The van der Waals surface area contributed by atoms with E-state index in [1.54, 1.807) is 12.1 Å². The first-order chi connectivity index (χ1) is 12.5. The number of aromatic carboxylic acids is 1. The normalized spacial score (nSPS) is 18.5. The average Bonchev–Trinajstić information content (AvgIpc) is 3.21. The van der Waals surface area contributed by atoms with Crippen LogP contribution < -0.4 is 0 Å². The largest absolute Gasteiger partial charge is 0.477 e. The van der Waals surface area contributed by atoms with Crippen molar-refractivity contribution in [3.63, 3.8) is 0 Å². The summed E-state index contributed by atoms with van der Waals surface area (Å²) in [6.07, 6.45) is 5.64. The highest BCUT2D eigenvalue weighted by Gasteiger charge is 2.31. The first kappa shape index (κ1) is 20.9. The van der Waals surface area contributed by atoms with Gasteiger partial charge in [-0.1, -0.05) is 26.2 Å². The van der Waals surface area contributed by atoms with Crippen LogP contribution in [-0.4, -0.2) is 52.3 Å². The number of amides is 1. The Hall–Kier alpha value is -1.44. The van der Waals surface area contributed by atoms with Gasteiger partial charge in [0.05, 0.1) is 25.4 Å². The van der Waals surface area contributed by atoms with E-state index in [0.717, 1.165) is 37.0 Å². The highest BCUT2D eigenvalue weighted by atomic mass is 32.1. The molecule has 2 rings (SSSR count). The van der Waals surface area contributed by atoms with Gasteiger partial charge in [0.15, 0.2) is 0 Å². The number of hydrogen-bond donors (Lipinski definition) is 2. The molecular formula is C19H29NO5S. The van der Waals surface area contributed by atoms with Crippen molar-refractivity contribution in [2.75, 3.05) is 13.2 Å². The molecule has 0 aromatic carbocycles. The first-order valence-corrected chi connectivity index (χ1v) is 10.2. The Kier molecular flexibility index (Phi) is 8.54. The molecule has 7 heteroatoms. The molecule has 2 N–H and O–H groups in total. The molecule has 1 aromatic rings. The van der Waals surface area contributed by atoms with Crippen LogP contribution in [0.2, 0.25) is 0 Å². The van der Waals surface area contributed by atoms with Gasteiger partial charge < -0.3 is 19.8 Å². The van der Waals surface area contributed by atoms with Crippen molar-refractivity contribution in [2.24, 2.45) is 0 Å². The molecular weight excluding hydrogens is 354 g/mol.